The van der Waals surface area contributed by atoms with E-state index < -0.39 is 0 Å². The zero-order chi connectivity index (χ0) is 21.0. The minimum Gasteiger partial charge on any atom is -0.208 e. The number of aromatic nitrogens is 3. The smallest absolute Gasteiger partial charge is 0.208 e. The van der Waals surface area contributed by atoms with E-state index in [2.05, 4.69) is 75.6 Å². The molecule has 0 atom stereocenters. The van der Waals surface area contributed by atoms with E-state index in [4.69, 9.17) is 11.6 Å². The molecule has 1 heterocycles. The van der Waals surface area contributed by atoms with Gasteiger partial charge in [0.1, 0.15) is 0 Å². The van der Waals surface area contributed by atoms with Crippen LogP contribution in [0, 0.1) is 0 Å². The highest BCUT2D eigenvalue weighted by atomic mass is 35.5. The van der Waals surface area contributed by atoms with Crippen LogP contribution in [0.25, 0.3) is 45.0 Å². The molecule has 0 N–H and O–H groups in total. The molecule has 3 nitrogen and oxygen atoms in total. The summed E-state index contributed by atoms with van der Waals surface area (Å²) in [6, 6.07) is 36.9. The Morgan fingerprint density at radius 3 is 1.42 bits per heavy atom. The normalized spacial score (nSPS) is 10.7. The van der Waals surface area contributed by atoms with Crippen molar-refractivity contribution >= 4 is 11.6 Å². The number of nitrogens with zero attached hydrogens (tertiary/aromatic N) is 3. The van der Waals surface area contributed by atoms with E-state index in [0.29, 0.717) is 11.6 Å². The molecule has 1 aromatic heterocycles. The monoisotopic (exact) mass is 419 g/mol. The molecular weight excluding hydrogens is 402 g/mol. The van der Waals surface area contributed by atoms with E-state index in [-0.39, 0.29) is 5.28 Å². The first-order valence-corrected chi connectivity index (χ1v) is 10.4. The van der Waals surface area contributed by atoms with E-state index in [1.54, 1.807) is 0 Å². The molecule has 0 aliphatic rings. The fourth-order valence-electron chi connectivity index (χ4n) is 3.54. The molecule has 0 spiro atoms. The van der Waals surface area contributed by atoms with Crippen LogP contribution >= 0.6 is 11.6 Å². The zero-order valence-corrected chi connectivity index (χ0v) is 17.4. The van der Waals surface area contributed by atoms with Gasteiger partial charge >= 0.3 is 0 Å². The summed E-state index contributed by atoms with van der Waals surface area (Å²) < 4.78 is 0. The maximum atomic E-state index is 6.23. The van der Waals surface area contributed by atoms with Gasteiger partial charge in [-0.2, -0.15) is 9.97 Å². The van der Waals surface area contributed by atoms with Gasteiger partial charge in [0.2, 0.25) is 5.28 Å². The van der Waals surface area contributed by atoms with Crippen LogP contribution in [-0.2, 0) is 0 Å². The number of halogens is 1. The van der Waals surface area contributed by atoms with Crippen LogP contribution in [0.3, 0.4) is 0 Å². The molecule has 4 heteroatoms. The fourth-order valence-corrected chi connectivity index (χ4v) is 3.70. The van der Waals surface area contributed by atoms with Gasteiger partial charge in [0.15, 0.2) is 11.6 Å². The highest BCUT2D eigenvalue weighted by molar-refractivity contribution is 6.28. The molecule has 4 aromatic carbocycles. The van der Waals surface area contributed by atoms with Crippen molar-refractivity contribution in [2.24, 2.45) is 0 Å². The van der Waals surface area contributed by atoms with Crippen molar-refractivity contribution in [1.29, 1.82) is 0 Å². The Morgan fingerprint density at radius 2 is 0.806 bits per heavy atom. The average molecular weight is 420 g/mol. The Morgan fingerprint density at radius 1 is 0.387 bits per heavy atom. The predicted octanol–water partition coefficient (Wildman–Crippen LogP) is 7.19. The summed E-state index contributed by atoms with van der Waals surface area (Å²) in [5.41, 5.74) is 6.39. The summed E-state index contributed by atoms with van der Waals surface area (Å²) in [5.74, 6) is 1.12. The quantitative estimate of drug-likeness (QED) is 0.309. The number of benzene rings is 4. The van der Waals surface area contributed by atoms with Gasteiger partial charge in [-0.1, -0.05) is 97.1 Å². The van der Waals surface area contributed by atoms with Crippen LogP contribution in [0.4, 0.5) is 0 Å². The Labute approximate surface area is 186 Å². The lowest BCUT2D eigenvalue weighted by Gasteiger charge is -2.09. The molecule has 0 radical (unpaired) electrons. The van der Waals surface area contributed by atoms with Gasteiger partial charge in [-0.05, 0) is 46.0 Å². The molecule has 5 rings (SSSR count). The molecular formula is C27H18ClN3. The first-order chi connectivity index (χ1) is 15.3. The summed E-state index contributed by atoms with van der Waals surface area (Å²) in [7, 11) is 0. The van der Waals surface area contributed by atoms with E-state index in [9.17, 15) is 0 Å². The molecule has 0 saturated carbocycles. The minimum absolute atomic E-state index is 0.181. The summed E-state index contributed by atoms with van der Waals surface area (Å²) >= 11 is 6.23. The van der Waals surface area contributed by atoms with Gasteiger partial charge < -0.3 is 0 Å². The van der Waals surface area contributed by atoms with Crippen molar-refractivity contribution in [1.82, 2.24) is 15.0 Å². The lowest BCUT2D eigenvalue weighted by atomic mass is 9.98. The lowest BCUT2D eigenvalue weighted by molar-refractivity contribution is 1.07. The van der Waals surface area contributed by atoms with E-state index in [0.717, 1.165) is 22.3 Å². The predicted molar refractivity (Wildman–Crippen MR) is 127 cm³/mol. The molecule has 0 saturated heterocycles. The van der Waals surface area contributed by atoms with Crippen molar-refractivity contribution in [3.8, 4) is 45.0 Å². The van der Waals surface area contributed by atoms with Crippen LogP contribution in [0.15, 0.2) is 109 Å². The molecule has 0 unspecified atom stereocenters. The van der Waals surface area contributed by atoms with Crippen molar-refractivity contribution in [3.05, 3.63) is 114 Å². The highest BCUT2D eigenvalue weighted by Gasteiger charge is 2.10. The van der Waals surface area contributed by atoms with E-state index in [1.165, 1.54) is 11.1 Å². The van der Waals surface area contributed by atoms with Crippen molar-refractivity contribution in [2.45, 2.75) is 0 Å². The SMILES string of the molecule is Clc1nc(-c2ccccc2)nc(-c2cccc(-c3cccc(-c4ccccc4)c3)c2)n1. The fraction of sp³-hybridized carbons (Fsp3) is 0. The molecule has 0 bridgehead atoms. The summed E-state index contributed by atoms with van der Waals surface area (Å²) in [5, 5.41) is 0.181. The largest absolute Gasteiger partial charge is 0.226 e. The van der Waals surface area contributed by atoms with Crippen LogP contribution in [0.1, 0.15) is 0 Å². The molecule has 0 amide bonds. The maximum absolute atomic E-state index is 6.23. The third-order valence-corrected chi connectivity index (χ3v) is 5.23. The van der Waals surface area contributed by atoms with E-state index in [1.807, 2.05) is 48.5 Å². The van der Waals surface area contributed by atoms with Gasteiger partial charge in [0.05, 0.1) is 0 Å². The average Bonchev–Trinajstić information content (AvgIpc) is 2.85. The Hall–Kier alpha value is -3.82. The van der Waals surface area contributed by atoms with Gasteiger partial charge in [0, 0.05) is 11.1 Å². The summed E-state index contributed by atoms with van der Waals surface area (Å²) in [4.78, 5) is 13.3. The Bertz CT molecular complexity index is 1340. The van der Waals surface area contributed by atoms with Gasteiger partial charge in [0.25, 0.3) is 0 Å². The standard InChI is InChI=1S/C27H18ClN3/c28-27-30-25(20-11-5-2-6-12-20)29-26(31-27)24-16-8-15-23(18-24)22-14-7-13-21(17-22)19-9-3-1-4-10-19/h1-18H. The Balaban J connectivity index is 1.54. The topological polar surface area (TPSA) is 38.7 Å². The molecule has 148 valence electrons. The highest BCUT2D eigenvalue weighted by Crippen LogP contribution is 2.29. The first kappa shape index (κ1) is 19.2. The van der Waals surface area contributed by atoms with Gasteiger partial charge in [-0.15, -0.1) is 0 Å². The van der Waals surface area contributed by atoms with Crippen LogP contribution in [0.2, 0.25) is 5.28 Å². The Kier molecular flexibility index (Phi) is 5.26. The lowest BCUT2D eigenvalue weighted by Crippen LogP contribution is -1.97. The molecule has 0 fully saturated rings. The van der Waals surface area contributed by atoms with Gasteiger partial charge in [-0.3, -0.25) is 0 Å². The van der Waals surface area contributed by atoms with E-state index >= 15 is 0 Å². The second-order valence-electron chi connectivity index (χ2n) is 7.15. The molecule has 5 aromatic rings. The third-order valence-electron chi connectivity index (χ3n) is 5.06. The molecule has 31 heavy (non-hydrogen) atoms. The molecule has 0 aliphatic heterocycles. The van der Waals surface area contributed by atoms with Crippen LogP contribution in [0.5, 0.6) is 0 Å². The minimum atomic E-state index is 0.181. The number of hydrogen-bond donors (Lipinski definition) is 0. The van der Waals surface area contributed by atoms with Crippen molar-refractivity contribution in [3.63, 3.8) is 0 Å². The zero-order valence-electron chi connectivity index (χ0n) is 16.6. The van der Waals surface area contributed by atoms with Crippen LogP contribution < -0.4 is 0 Å². The maximum Gasteiger partial charge on any atom is 0.226 e. The number of rotatable bonds is 4. The van der Waals surface area contributed by atoms with Crippen molar-refractivity contribution in [2.75, 3.05) is 0 Å². The third kappa shape index (κ3) is 4.23. The summed E-state index contributed by atoms with van der Waals surface area (Å²) in [6.45, 7) is 0. The van der Waals surface area contributed by atoms with Gasteiger partial charge in [-0.25, -0.2) is 4.98 Å². The molecule has 0 aliphatic carbocycles. The van der Waals surface area contributed by atoms with Crippen molar-refractivity contribution < 1.29 is 0 Å². The second kappa shape index (κ2) is 8.50. The second-order valence-corrected chi connectivity index (χ2v) is 7.48. The number of hydrogen-bond acceptors (Lipinski definition) is 3. The summed E-state index contributed by atoms with van der Waals surface area (Å²) in [6.07, 6.45) is 0. The first-order valence-electron chi connectivity index (χ1n) is 9.99. The van der Waals surface area contributed by atoms with Crippen LogP contribution in [-0.4, -0.2) is 15.0 Å².